The zero-order valence-electron chi connectivity index (χ0n) is 10.2. The number of nitrogens with one attached hydrogen (secondary N) is 1. The SMILES string of the molecule is CCN[C@@H](c1cccnc1)C1CCCCC1. The van der Waals surface area contributed by atoms with Gasteiger partial charge in [0.15, 0.2) is 0 Å². The molecule has 88 valence electrons. The first-order valence-electron chi connectivity index (χ1n) is 6.55. The van der Waals surface area contributed by atoms with Crippen molar-refractivity contribution < 1.29 is 0 Å². The summed E-state index contributed by atoms with van der Waals surface area (Å²) in [4.78, 5) is 4.24. The molecule has 0 aliphatic heterocycles. The molecule has 0 aromatic carbocycles. The quantitative estimate of drug-likeness (QED) is 0.838. The highest BCUT2D eigenvalue weighted by atomic mass is 14.9. The lowest BCUT2D eigenvalue weighted by molar-refractivity contribution is 0.274. The predicted octanol–water partition coefficient (Wildman–Crippen LogP) is 3.31. The number of hydrogen-bond donors (Lipinski definition) is 1. The molecule has 2 nitrogen and oxygen atoms in total. The Bertz CT molecular complexity index is 291. The molecule has 1 aliphatic rings. The molecule has 1 aromatic heterocycles. The van der Waals surface area contributed by atoms with Gasteiger partial charge in [0.05, 0.1) is 0 Å². The average molecular weight is 218 g/mol. The molecule has 1 fully saturated rings. The largest absolute Gasteiger partial charge is 0.310 e. The van der Waals surface area contributed by atoms with Crippen molar-refractivity contribution in [3.05, 3.63) is 30.1 Å². The second kappa shape index (κ2) is 6.00. The Hall–Kier alpha value is -0.890. The molecule has 1 saturated carbocycles. The van der Waals surface area contributed by atoms with E-state index in [2.05, 4.69) is 23.3 Å². The van der Waals surface area contributed by atoms with Crippen molar-refractivity contribution in [1.29, 1.82) is 0 Å². The first-order chi connectivity index (χ1) is 7.92. The zero-order chi connectivity index (χ0) is 11.2. The van der Waals surface area contributed by atoms with Gasteiger partial charge in [0.2, 0.25) is 0 Å². The number of aromatic nitrogens is 1. The molecule has 1 N–H and O–H groups in total. The maximum absolute atomic E-state index is 4.24. The van der Waals surface area contributed by atoms with Gasteiger partial charge in [0.1, 0.15) is 0 Å². The molecule has 2 heteroatoms. The van der Waals surface area contributed by atoms with Crippen LogP contribution in [-0.2, 0) is 0 Å². The highest BCUT2D eigenvalue weighted by Gasteiger charge is 2.24. The Morgan fingerprint density at radius 1 is 1.38 bits per heavy atom. The molecule has 16 heavy (non-hydrogen) atoms. The maximum atomic E-state index is 4.24. The van der Waals surface area contributed by atoms with Crippen LogP contribution in [0.25, 0.3) is 0 Å². The molecular weight excluding hydrogens is 196 g/mol. The van der Waals surface area contributed by atoms with Crippen LogP contribution in [0.5, 0.6) is 0 Å². The lowest BCUT2D eigenvalue weighted by Gasteiger charge is -2.31. The fraction of sp³-hybridized carbons (Fsp3) is 0.643. The average Bonchev–Trinajstić information content (AvgIpc) is 2.38. The third-order valence-corrected chi connectivity index (χ3v) is 3.59. The predicted molar refractivity (Wildman–Crippen MR) is 67.2 cm³/mol. The van der Waals surface area contributed by atoms with Crippen molar-refractivity contribution in [3.63, 3.8) is 0 Å². The highest BCUT2D eigenvalue weighted by molar-refractivity contribution is 5.15. The number of rotatable bonds is 4. The van der Waals surface area contributed by atoms with E-state index in [-0.39, 0.29) is 0 Å². The molecule has 0 bridgehead atoms. The highest BCUT2D eigenvalue weighted by Crippen LogP contribution is 2.33. The minimum Gasteiger partial charge on any atom is -0.310 e. The molecule has 0 saturated heterocycles. The van der Waals surface area contributed by atoms with Gasteiger partial charge in [0, 0.05) is 18.4 Å². The van der Waals surface area contributed by atoms with E-state index in [9.17, 15) is 0 Å². The Morgan fingerprint density at radius 2 is 2.19 bits per heavy atom. The van der Waals surface area contributed by atoms with E-state index in [1.807, 2.05) is 18.5 Å². The number of nitrogens with zero attached hydrogens (tertiary/aromatic N) is 1. The summed E-state index contributed by atoms with van der Waals surface area (Å²) in [6.45, 7) is 3.22. The van der Waals surface area contributed by atoms with Gasteiger partial charge in [-0.2, -0.15) is 0 Å². The van der Waals surface area contributed by atoms with Crippen LogP contribution in [0.3, 0.4) is 0 Å². The van der Waals surface area contributed by atoms with Crippen molar-refractivity contribution >= 4 is 0 Å². The van der Waals surface area contributed by atoms with Crippen molar-refractivity contribution in [2.24, 2.45) is 5.92 Å². The first kappa shape index (κ1) is 11.6. The Kier molecular flexibility index (Phi) is 4.34. The summed E-state index contributed by atoms with van der Waals surface area (Å²) in [7, 11) is 0. The lowest BCUT2D eigenvalue weighted by Crippen LogP contribution is -2.29. The molecular formula is C14H22N2. The van der Waals surface area contributed by atoms with Gasteiger partial charge in [-0.15, -0.1) is 0 Å². The molecule has 1 atom stereocenters. The third kappa shape index (κ3) is 2.82. The molecule has 0 amide bonds. The van der Waals surface area contributed by atoms with Crippen LogP contribution in [0.4, 0.5) is 0 Å². The zero-order valence-corrected chi connectivity index (χ0v) is 10.2. The van der Waals surface area contributed by atoms with Crippen molar-refractivity contribution in [2.45, 2.75) is 45.1 Å². The minimum absolute atomic E-state index is 0.513. The van der Waals surface area contributed by atoms with E-state index in [1.165, 1.54) is 37.7 Å². The van der Waals surface area contributed by atoms with Gasteiger partial charge < -0.3 is 5.32 Å². The second-order valence-electron chi connectivity index (χ2n) is 4.72. The van der Waals surface area contributed by atoms with Gasteiger partial charge in [0.25, 0.3) is 0 Å². The summed E-state index contributed by atoms with van der Waals surface area (Å²) in [6.07, 6.45) is 10.8. The van der Waals surface area contributed by atoms with E-state index in [1.54, 1.807) is 0 Å². The van der Waals surface area contributed by atoms with E-state index in [0.717, 1.165) is 12.5 Å². The van der Waals surface area contributed by atoms with Crippen molar-refractivity contribution in [2.75, 3.05) is 6.54 Å². The van der Waals surface area contributed by atoms with Gasteiger partial charge in [-0.3, -0.25) is 4.98 Å². The van der Waals surface area contributed by atoms with Gasteiger partial charge in [-0.1, -0.05) is 32.3 Å². The van der Waals surface area contributed by atoms with E-state index < -0.39 is 0 Å². The summed E-state index contributed by atoms with van der Waals surface area (Å²) < 4.78 is 0. The van der Waals surface area contributed by atoms with Crippen LogP contribution < -0.4 is 5.32 Å². The molecule has 0 spiro atoms. The Labute approximate surface area is 98.5 Å². The minimum atomic E-state index is 0.513. The summed E-state index contributed by atoms with van der Waals surface area (Å²) in [5, 5.41) is 3.63. The summed E-state index contributed by atoms with van der Waals surface area (Å²) in [6, 6.07) is 4.76. The number of pyridine rings is 1. The van der Waals surface area contributed by atoms with Gasteiger partial charge in [-0.25, -0.2) is 0 Å². The van der Waals surface area contributed by atoms with Crippen LogP contribution in [0.15, 0.2) is 24.5 Å². The van der Waals surface area contributed by atoms with Crippen molar-refractivity contribution in [1.82, 2.24) is 10.3 Å². The molecule has 1 aromatic rings. The van der Waals surface area contributed by atoms with E-state index >= 15 is 0 Å². The molecule has 0 unspecified atom stereocenters. The Morgan fingerprint density at radius 3 is 2.81 bits per heavy atom. The molecule has 1 aliphatic carbocycles. The Balaban J connectivity index is 2.09. The maximum Gasteiger partial charge on any atom is 0.0363 e. The van der Waals surface area contributed by atoms with E-state index in [4.69, 9.17) is 0 Å². The molecule has 0 radical (unpaired) electrons. The topological polar surface area (TPSA) is 24.9 Å². The van der Waals surface area contributed by atoms with Crippen LogP contribution in [0, 0.1) is 5.92 Å². The first-order valence-corrected chi connectivity index (χ1v) is 6.55. The van der Waals surface area contributed by atoms with Crippen LogP contribution >= 0.6 is 0 Å². The second-order valence-corrected chi connectivity index (χ2v) is 4.72. The smallest absolute Gasteiger partial charge is 0.0363 e. The third-order valence-electron chi connectivity index (χ3n) is 3.59. The fourth-order valence-electron chi connectivity index (χ4n) is 2.80. The summed E-state index contributed by atoms with van der Waals surface area (Å²) in [5.41, 5.74) is 1.36. The fourth-order valence-corrected chi connectivity index (χ4v) is 2.80. The van der Waals surface area contributed by atoms with Crippen molar-refractivity contribution in [3.8, 4) is 0 Å². The lowest BCUT2D eigenvalue weighted by atomic mass is 9.81. The van der Waals surface area contributed by atoms with Crippen LogP contribution in [0.1, 0.15) is 50.6 Å². The molecule has 2 rings (SSSR count). The standard InChI is InChI=1S/C14H22N2/c1-2-16-14(12-7-4-3-5-8-12)13-9-6-10-15-11-13/h6,9-12,14,16H,2-5,7-8H2,1H3/t14-/m1/s1. The monoisotopic (exact) mass is 218 g/mol. The number of hydrogen-bond acceptors (Lipinski definition) is 2. The van der Waals surface area contributed by atoms with E-state index in [0.29, 0.717) is 6.04 Å². The van der Waals surface area contributed by atoms with Crippen LogP contribution in [0.2, 0.25) is 0 Å². The van der Waals surface area contributed by atoms with Gasteiger partial charge in [-0.05, 0) is 36.9 Å². The van der Waals surface area contributed by atoms with Gasteiger partial charge >= 0.3 is 0 Å². The van der Waals surface area contributed by atoms with Crippen LogP contribution in [-0.4, -0.2) is 11.5 Å². The summed E-state index contributed by atoms with van der Waals surface area (Å²) >= 11 is 0. The molecule has 1 heterocycles. The summed E-state index contributed by atoms with van der Waals surface area (Å²) in [5.74, 6) is 0.804. The normalized spacial score (nSPS) is 19.6.